The Kier molecular flexibility index (Phi) is 5.23. The number of rotatable bonds is 3. The highest BCUT2D eigenvalue weighted by Gasteiger charge is 2.32. The molecule has 2 amide bonds. The van der Waals surface area contributed by atoms with Crippen molar-refractivity contribution in [2.45, 2.75) is 32.4 Å². The van der Waals surface area contributed by atoms with E-state index in [1.54, 1.807) is 30.0 Å². The van der Waals surface area contributed by atoms with Gasteiger partial charge >= 0.3 is 11.1 Å². The molecule has 9 nitrogen and oxygen atoms in total. The molecule has 1 unspecified atom stereocenters. The molecule has 1 atom stereocenters. The number of carbonyl (C=O) groups excluding carboxylic acids is 2. The van der Waals surface area contributed by atoms with Crippen molar-refractivity contribution < 1.29 is 9.59 Å². The van der Waals surface area contributed by atoms with Gasteiger partial charge in [-0.05, 0) is 38.0 Å². The number of hydrogen-bond donors (Lipinski definition) is 2. The Balaban J connectivity index is 1.59. The van der Waals surface area contributed by atoms with Crippen LogP contribution in [0.5, 0.6) is 0 Å². The molecule has 4 rings (SSSR count). The van der Waals surface area contributed by atoms with Gasteiger partial charge in [-0.15, -0.1) is 0 Å². The Hall–Kier alpha value is -2.94. The summed E-state index contributed by atoms with van der Waals surface area (Å²) < 4.78 is 1.40. The van der Waals surface area contributed by atoms with Crippen LogP contribution in [0.15, 0.2) is 27.8 Å². The Morgan fingerprint density at radius 2 is 2.03 bits per heavy atom. The zero-order valence-electron chi connectivity index (χ0n) is 16.4. The van der Waals surface area contributed by atoms with Crippen LogP contribution in [0.1, 0.15) is 30.1 Å². The maximum absolute atomic E-state index is 13.1. The summed E-state index contributed by atoms with van der Waals surface area (Å²) in [5.41, 5.74) is 0.226. The van der Waals surface area contributed by atoms with Gasteiger partial charge in [-0.3, -0.25) is 19.2 Å². The molecule has 0 saturated carbocycles. The topological polar surface area (TPSA) is 108 Å². The highest BCUT2D eigenvalue weighted by molar-refractivity contribution is 5.97. The number of amides is 2. The molecule has 3 heterocycles. The molecule has 0 radical (unpaired) electrons. The Morgan fingerprint density at radius 1 is 1.21 bits per heavy atom. The van der Waals surface area contributed by atoms with Gasteiger partial charge in [-0.2, -0.15) is 0 Å². The van der Waals surface area contributed by atoms with E-state index in [1.807, 2.05) is 4.90 Å². The van der Waals surface area contributed by atoms with Gasteiger partial charge in [0.25, 0.3) is 5.91 Å². The van der Waals surface area contributed by atoms with Gasteiger partial charge < -0.3 is 24.7 Å². The minimum atomic E-state index is -0.695. The lowest BCUT2D eigenvalue weighted by Gasteiger charge is -2.41. The number of hydrogen-bond acceptors (Lipinski definition) is 5. The summed E-state index contributed by atoms with van der Waals surface area (Å²) in [6, 6.07) is 5.05. The maximum Gasteiger partial charge on any atom is 0.316 e. The van der Waals surface area contributed by atoms with E-state index in [4.69, 9.17) is 0 Å². The molecule has 9 heteroatoms. The number of fused-ring (bicyclic) bond motifs is 1. The molecule has 29 heavy (non-hydrogen) atoms. The van der Waals surface area contributed by atoms with Crippen molar-refractivity contribution in [3.8, 4) is 0 Å². The summed E-state index contributed by atoms with van der Waals surface area (Å²) in [6.07, 6.45) is 1.73. The highest BCUT2D eigenvalue weighted by Crippen LogP contribution is 2.20. The van der Waals surface area contributed by atoms with E-state index in [1.165, 1.54) is 4.57 Å². The van der Waals surface area contributed by atoms with E-state index >= 15 is 0 Å². The monoisotopic (exact) mass is 399 g/mol. The van der Waals surface area contributed by atoms with Gasteiger partial charge in [0.15, 0.2) is 0 Å². The van der Waals surface area contributed by atoms with Crippen LogP contribution in [0.4, 0.5) is 0 Å². The number of aromatic amines is 1. The second kappa shape index (κ2) is 7.82. The standard InChI is InChI=1S/C20H25N5O4/c1-2-24-16-6-5-13(10-15(16)22-18(27)20(24)29)19(28)23-8-3-4-14(12-23)25-9-7-21-11-17(25)26/h5-6,10,14,21H,2-4,7-9,11-12H2,1H3,(H,22,27). The SMILES string of the molecule is CCn1c(=O)c(=O)[nH]c2cc(C(=O)N3CCCC(N4CCNCC4=O)C3)ccc21. The number of piperazine rings is 1. The highest BCUT2D eigenvalue weighted by atomic mass is 16.2. The van der Waals surface area contributed by atoms with Crippen LogP contribution >= 0.6 is 0 Å². The number of benzene rings is 1. The first-order chi connectivity index (χ1) is 14.0. The molecule has 154 valence electrons. The minimum absolute atomic E-state index is 0.0350. The summed E-state index contributed by atoms with van der Waals surface area (Å²) in [5, 5.41) is 3.07. The molecular formula is C20H25N5O4. The fraction of sp³-hybridized carbons (Fsp3) is 0.500. The van der Waals surface area contributed by atoms with Crippen LogP contribution < -0.4 is 16.4 Å². The summed E-state index contributed by atoms with van der Waals surface area (Å²) in [5.74, 6) is -0.0503. The number of aryl methyl sites for hydroxylation is 1. The molecule has 2 N–H and O–H groups in total. The van der Waals surface area contributed by atoms with E-state index in [2.05, 4.69) is 10.3 Å². The van der Waals surface area contributed by atoms with Crippen LogP contribution in [-0.4, -0.2) is 69.9 Å². The van der Waals surface area contributed by atoms with Crippen molar-refractivity contribution in [1.82, 2.24) is 24.7 Å². The molecule has 2 fully saturated rings. The third kappa shape index (κ3) is 3.57. The van der Waals surface area contributed by atoms with Crippen LogP contribution in [0.2, 0.25) is 0 Å². The summed E-state index contributed by atoms with van der Waals surface area (Å²) in [6.45, 7) is 5.10. The van der Waals surface area contributed by atoms with Crippen molar-refractivity contribution >= 4 is 22.8 Å². The largest absolute Gasteiger partial charge is 0.337 e. The quantitative estimate of drug-likeness (QED) is 0.692. The van der Waals surface area contributed by atoms with Gasteiger partial charge in [-0.1, -0.05) is 0 Å². The number of carbonyl (C=O) groups is 2. The van der Waals surface area contributed by atoms with Crippen LogP contribution in [0.3, 0.4) is 0 Å². The molecule has 2 aromatic rings. The summed E-state index contributed by atoms with van der Waals surface area (Å²) in [4.78, 5) is 55.5. The lowest BCUT2D eigenvalue weighted by Crippen LogP contribution is -2.57. The number of nitrogens with one attached hydrogen (secondary N) is 2. The second-order valence-electron chi connectivity index (χ2n) is 7.55. The average molecular weight is 399 g/mol. The van der Waals surface area contributed by atoms with Crippen LogP contribution in [0, 0.1) is 0 Å². The molecule has 2 aliphatic rings. The Labute approximate surface area is 167 Å². The number of piperidine rings is 1. The first-order valence-electron chi connectivity index (χ1n) is 10.1. The molecule has 1 aromatic carbocycles. The van der Waals surface area contributed by atoms with Crippen molar-refractivity contribution in [2.24, 2.45) is 0 Å². The van der Waals surface area contributed by atoms with E-state index in [9.17, 15) is 19.2 Å². The zero-order chi connectivity index (χ0) is 20.5. The second-order valence-corrected chi connectivity index (χ2v) is 7.55. The van der Waals surface area contributed by atoms with E-state index in [0.29, 0.717) is 49.3 Å². The van der Waals surface area contributed by atoms with E-state index in [-0.39, 0.29) is 17.9 Å². The van der Waals surface area contributed by atoms with Crippen LogP contribution in [-0.2, 0) is 11.3 Å². The fourth-order valence-corrected chi connectivity index (χ4v) is 4.31. The fourth-order valence-electron chi connectivity index (χ4n) is 4.31. The summed E-state index contributed by atoms with van der Waals surface area (Å²) in [7, 11) is 0. The average Bonchev–Trinajstić information content (AvgIpc) is 2.74. The lowest BCUT2D eigenvalue weighted by atomic mass is 10.0. The molecule has 0 spiro atoms. The first-order valence-corrected chi connectivity index (χ1v) is 10.1. The molecule has 2 saturated heterocycles. The lowest BCUT2D eigenvalue weighted by molar-refractivity contribution is -0.135. The van der Waals surface area contributed by atoms with Gasteiger partial charge in [0, 0.05) is 44.3 Å². The molecule has 0 bridgehead atoms. The first kappa shape index (κ1) is 19.4. The van der Waals surface area contributed by atoms with Gasteiger partial charge in [0.2, 0.25) is 5.91 Å². The van der Waals surface area contributed by atoms with Crippen molar-refractivity contribution in [2.75, 3.05) is 32.7 Å². The predicted octanol–water partition coefficient (Wildman–Crippen LogP) is -0.254. The van der Waals surface area contributed by atoms with E-state index < -0.39 is 11.1 Å². The number of H-pyrrole nitrogens is 1. The zero-order valence-corrected chi connectivity index (χ0v) is 16.4. The molecule has 1 aromatic heterocycles. The third-order valence-electron chi connectivity index (χ3n) is 5.79. The maximum atomic E-state index is 13.1. The minimum Gasteiger partial charge on any atom is -0.337 e. The van der Waals surface area contributed by atoms with Gasteiger partial charge in [0.05, 0.1) is 17.6 Å². The normalized spacial score (nSPS) is 20.3. The van der Waals surface area contributed by atoms with Crippen LogP contribution in [0.25, 0.3) is 11.0 Å². The summed E-state index contributed by atoms with van der Waals surface area (Å²) >= 11 is 0. The number of aromatic nitrogens is 2. The smallest absolute Gasteiger partial charge is 0.316 e. The third-order valence-corrected chi connectivity index (χ3v) is 5.79. The van der Waals surface area contributed by atoms with Crippen molar-refractivity contribution in [3.05, 3.63) is 44.5 Å². The predicted molar refractivity (Wildman–Crippen MR) is 108 cm³/mol. The molecule has 2 aliphatic heterocycles. The van der Waals surface area contributed by atoms with E-state index in [0.717, 1.165) is 19.4 Å². The van der Waals surface area contributed by atoms with Crippen molar-refractivity contribution in [1.29, 1.82) is 0 Å². The van der Waals surface area contributed by atoms with Gasteiger partial charge in [0.1, 0.15) is 0 Å². The van der Waals surface area contributed by atoms with Gasteiger partial charge in [-0.25, -0.2) is 0 Å². The Bertz CT molecular complexity index is 1070. The number of nitrogens with zero attached hydrogens (tertiary/aromatic N) is 3. The number of likely N-dealkylation sites (tertiary alicyclic amines) is 1. The Morgan fingerprint density at radius 3 is 2.79 bits per heavy atom. The molecule has 0 aliphatic carbocycles. The molecular weight excluding hydrogens is 374 g/mol. The van der Waals surface area contributed by atoms with Crippen molar-refractivity contribution in [3.63, 3.8) is 0 Å².